The van der Waals surface area contributed by atoms with Crippen LogP contribution < -0.4 is 0 Å². The fraction of sp³-hybridized carbons (Fsp3) is 0.378. The fourth-order valence-corrected chi connectivity index (χ4v) is 30.2. The van der Waals surface area contributed by atoms with Gasteiger partial charge < -0.3 is 0 Å². The largest absolute Gasteiger partial charge is 0.147 e. The van der Waals surface area contributed by atoms with Crippen molar-refractivity contribution in [3.8, 4) is 22.3 Å². The molecule has 0 spiro atoms. The van der Waals surface area contributed by atoms with E-state index in [4.69, 9.17) is 0 Å². The van der Waals surface area contributed by atoms with Crippen molar-refractivity contribution in [2.45, 2.75) is 95.1 Å². The van der Waals surface area contributed by atoms with E-state index in [1.54, 1.807) is 22.3 Å². The molecule has 0 amide bonds. The molecule has 0 heterocycles. The van der Waals surface area contributed by atoms with Crippen molar-refractivity contribution in [2.75, 3.05) is 0 Å². The van der Waals surface area contributed by atoms with Crippen molar-refractivity contribution in [1.29, 1.82) is 0 Å². The molecule has 0 aliphatic heterocycles. The minimum atomic E-state index is -3.67. The molecule has 4 aromatic rings. The zero-order chi connectivity index (χ0) is 33.1. The molecule has 3 atom stereocenters. The molecule has 4 heteroatoms. The summed E-state index contributed by atoms with van der Waals surface area (Å²) in [5.74, 6) is 1.88. The first-order valence-corrected chi connectivity index (χ1v) is 32.1. The van der Waals surface area contributed by atoms with Gasteiger partial charge in [-0.15, -0.1) is 24.8 Å². The number of halogens is 2. The molecule has 0 nitrogen and oxygen atoms in total. The van der Waals surface area contributed by atoms with E-state index in [0.717, 1.165) is 5.92 Å². The van der Waals surface area contributed by atoms with Crippen LogP contribution in [0.2, 0.25) is 9.26 Å². The van der Waals surface area contributed by atoms with Crippen molar-refractivity contribution < 1.29 is 17.4 Å². The van der Waals surface area contributed by atoms with Gasteiger partial charge in [0.15, 0.2) is 0 Å². The Hall–Kier alpha value is -1.96. The molecular formula is C45H56Cl2SiZr. The van der Waals surface area contributed by atoms with Crippen molar-refractivity contribution in [3.05, 3.63) is 129 Å². The Morgan fingerprint density at radius 3 is 1.67 bits per heavy atom. The second-order valence-electron chi connectivity index (χ2n) is 16.6. The number of hydrogen-bond acceptors (Lipinski definition) is 0. The standard InChI is InChI=1S/C23H25.C20H21.2CH3.2ClH.H2Si.Zr/c1-16(2)17-10-12-19(13-11-17)22-9-5-8-20-14-21(15-23(20)22)18-6-3-4-7-18;1-4-15(3)16-8-10-17(11-9-16)19-7-5-6-18-12-14(2)13-20(18)19;;;;;;/h5,8-16,18H,3-4,6-7H2,1-2H3;5-13,15H,4H2,1-3H3;2*1H3;2*1H;1H2;. The van der Waals surface area contributed by atoms with Gasteiger partial charge in [0.05, 0.1) is 0 Å². The summed E-state index contributed by atoms with van der Waals surface area (Å²) in [5, 5.41) is 0. The van der Waals surface area contributed by atoms with Crippen LogP contribution in [0.3, 0.4) is 0 Å². The number of benzene rings is 4. The SMILES string of the molecule is CCC(C)c1ccc(-c2cccc3c2C=C(C)[CH]3[Zr]([CH3])([CH3])(=[SiH2])[CH]2C(C3CCCC3)=Cc3c(-c4ccc(C(C)C)cc4)cccc32)cc1.Cl.Cl. The minimum Gasteiger partial charge on any atom is -0.147 e. The van der Waals surface area contributed by atoms with Crippen LogP contribution in [0.25, 0.3) is 34.4 Å². The normalized spacial score (nSPS) is 19.4. The summed E-state index contributed by atoms with van der Waals surface area (Å²) in [6.07, 6.45) is 11.9. The van der Waals surface area contributed by atoms with Gasteiger partial charge in [0.25, 0.3) is 0 Å². The van der Waals surface area contributed by atoms with E-state index in [0.29, 0.717) is 19.1 Å². The van der Waals surface area contributed by atoms with Gasteiger partial charge >= 0.3 is 289 Å². The third kappa shape index (κ3) is 6.75. The first kappa shape index (κ1) is 38.3. The Balaban J connectivity index is 0.00000234. The Bertz CT molecular complexity index is 1950. The molecule has 0 N–H and O–H groups in total. The van der Waals surface area contributed by atoms with Crippen LogP contribution in [-0.4, -0.2) is 6.88 Å². The predicted molar refractivity (Wildman–Crippen MR) is 220 cm³/mol. The van der Waals surface area contributed by atoms with Crippen LogP contribution in [0.1, 0.15) is 119 Å². The van der Waals surface area contributed by atoms with Crippen molar-refractivity contribution in [1.82, 2.24) is 0 Å². The summed E-state index contributed by atoms with van der Waals surface area (Å²) < 4.78 is 6.74. The van der Waals surface area contributed by atoms with Gasteiger partial charge in [-0.3, -0.25) is 0 Å². The van der Waals surface area contributed by atoms with Crippen molar-refractivity contribution >= 4 is 43.8 Å². The molecule has 1 fully saturated rings. The Kier molecular flexibility index (Phi) is 11.4. The van der Waals surface area contributed by atoms with Crippen LogP contribution >= 0.6 is 24.8 Å². The van der Waals surface area contributed by atoms with E-state index in [-0.39, 0.29) is 24.8 Å². The quantitative estimate of drug-likeness (QED) is 0.156. The molecule has 258 valence electrons. The molecule has 0 radical (unpaired) electrons. The van der Waals surface area contributed by atoms with E-state index in [2.05, 4.69) is 148 Å². The van der Waals surface area contributed by atoms with Crippen LogP contribution in [-0.2, 0) is 17.4 Å². The minimum absolute atomic E-state index is 0. The fourth-order valence-electron chi connectivity index (χ4n) is 9.85. The zero-order valence-corrected chi connectivity index (χ0v) is 36.2. The van der Waals surface area contributed by atoms with Crippen LogP contribution in [0.15, 0.2) is 96.1 Å². The molecule has 3 unspecified atom stereocenters. The molecule has 4 aromatic carbocycles. The van der Waals surface area contributed by atoms with E-state index in [1.807, 2.05) is 0 Å². The summed E-state index contributed by atoms with van der Waals surface area (Å²) >= 11 is -3.67. The first-order valence-electron chi connectivity index (χ1n) is 18.4. The third-order valence-electron chi connectivity index (χ3n) is 12.4. The Morgan fingerprint density at radius 2 is 1.16 bits per heavy atom. The molecule has 7 rings (SSSR count). The molecule has 0 aromatic heterocycles. The third-order valence-corrected chi connectivity index (χ3v) is 30.0. The van der Waals surface area contributed by atoms with Gasteiger partial charge in [-0.25, -0.2) is 0 Å². The summed E-state index contributed by atoms with van der Waals surface area (Å²) in [6, 6.07) is 33.4. The molecular weight excluding hydrogens is 731 g/mol. The van der Waals surface area contributed by atoms with E-state index in [9.17, 15) is 0 Å². The number of fused-ring (bicyclic) bond motifs is 2. The van der Waals surface area contributed by atoms with Gasteiger partial charge in [0, 0.05) is 0 Å². The summed E-state index contributed by atoms with van der Waals surface area (Å²) in [7, 11) is 0. The van der Waals surface area contributed by atoms with Crippen LogP contribution in [0.4, 0.5) is 0 Å². The second kappa shape index (κ2) is 14.6. The van der Waals surface area contributed by atoms with E-state index in [1.165, 1.54) is 76.6 Å². The Morgan fingerprint density at radius 1 is 0.673 bits per heavy atom. The van der Waals surface area contributed by atoms with Crippen molar-refractivity contribution in [2.24, 2.45) is 5.92 Å². The predicted octanol–water partition coefficient (Wildman–Crippen LogP) is 13.6. The van der Waals surface area contributed by atoms with Gasteiger partial charge in [0.1, 0.15) is 0 Å². The average Bonchev–Trinajstić information content (AvgIpc) is 3.81. The maximum Gasteiger partial charge on any atom is -0.147 e. The van der Waals surface area contributed by atoms with Gasteiger partial charge in [-0.2, -0.15) is 0 Å². The molecule has 0 saturated heterocycles. The number of allylic oxidation sites excluding steroid dienone is 2. The summed E-state index contributed by atoms with van der Waals surface area (Å²) in [6.45, 7) is 14.2. The molecule has 1 saturated carbocycles. The Labute approximate surface area is 311 Å². The maximum absolute atomic E-state index is 3.67. The van der Waals surface area contributed by atoms with Gasteiger partial charge in [-0.05, 0) is 0 Å². The maximum atomic E-state index is 2.82. The second-order valence-corrected chi connectivity index (χ2v) is 47.1. The van der Waals surface area contributed by atoms with Crippen molar-refractivity contribution in [3.63, 3.8) is 0 Å². The average molecular weight is 787 g/mol. The topological polar surface area (TPSA) is 0 Å². The monoisotopic (exact) mass is 784 g/mol. The summed E-state index contributed by atoms with van der Waals surface area (Å²) in [5.41, 5.74) is 18.0. The van der Waals surface area contributed by atoms with Crippen LogP contribution in [0.5, 0.6) is 0 Å². The van der Waals surface area contributed by atoms with Crippen LogP contribution in [0, 0.1) is 5.92 Å². The number of hydrogen-bond donors (Lipinski definition) is 0. The first-order chi connectivity index (χ1) is 22.5. The summed E-state index contributed by atoms with van der Waals surface area (Å²) in [4.78, 5) is 0. The molecule has 49 heavy (non-hydrogen) atoms. The number of rotatable bonds is 8. The van der Waals surface area contributed by atoms with E-state index < -0.39 is 17.4 Å². The van der Waals surface area contributed by atoms with Gasteiger partial charge in [0.2, 0.25) is 0 Å². The van der Waals surface area contributed by atoms with E-state index >= 15 is 0 Å². The zero-order valence-electron chi connectivity index (χ0n) is 30.7. The smallest absolute Gasteiger partial charge is 0.147 e. The van der Waals surface area contributed by atoms with Gasteiger partial charge in [-0.1, -0.05) is 0 Å². The molecule has 3 aliphatic rings. The molecule has 3 aliphatic carbocycles. The molecule has 0 bridgehead atoms.